The fourth-order valence-corrected chi connectivity index (χ4v) is 7.27. The van der Waals surface area contributed by atoms with Crippen molar-refractivity contribution in [1.82, 2.24) is 5.32 Å². The number of hydrogen-bond donors (Lipinski definition) is 6. The van der Waals surface area contributed by atoms with E-state index in [2.05, 4.69) is 31.8 Å². The monoisotopic (exact) mass is 603 g/mol. The standard InChI is InChI=1S/C35H57NO7/c1-25(2)9-6-10-26(3)11-7-12-28(23-43-24-29(40)22-39)31-15-17-35(33(31)41)32(13-8-20-37)30(27(4)21-38)14-16-34(35,42)18-19-36-5/h7,9,11-12,21,29,31-33,36-37,39-42H,3,6,8,10,13-20,22-24H2,1-2,4-5H3. The SMILES string of the molecule is C=C(C=CC=C(COCC(O)CO)C1CCC2(C(CCCO)C(=C(C)C=O)CCC2(O)CCNC)C1O)CCC=C(C)C. The summed E-state index contributed by atoms with van der Waals surface area (Å²) in [4.78, 5) is 12.0. The molecule has 0 radical (unpaired) electrons. The third-order valence-electron chi connectivity index (χ3n) is 9.54. The molecule has 244 valence electrons. The van der Waals surface area contributed by atoms with Crippen LogP contribution in [0.3, 0.4) is 0 Å². The van der Waals surface area contributed by atoms with Crippen molar-refractivity contribution >= 4 is 6.29 Å². The quantitative estimate of drug-likeness (QED) is 0.0600. The summed E-state index contributed by atoms with van der Waals surface area (Å²) in [5.41, 5.74) is 2.60. The van der Waals surface area contributed by atoms with Gasteiger partial charge in [-0.1, -0.05) is 47.6 Å². The van der Waals surface area contributed by atoms with E-state index < -0.39 is 29.8 Å². The lowest BCUT2D eigenvalue weighted by atomic mass is 9.51. The van der Waals surface area contributed by atoms with Crippen molar-refractivity contribution in [2.45, 2.75) is 96.4 Å². The lowest BCUT2D eigenvalue weighted by Gasteiger charge is -2.57. The van der Waals surface area contributed by atoms with Gasteiger partial charge in [0.1, 0.15) is 12.4 Å². The van der Waals surface area contributed by atoms with Crippen LogP contribution in [0.1, 0.15) is 78.6 Å². The molecule has 8 heteroatoms. The Morgan fingerprint density at radius 2 is 1.98 bits per heavy atom. The molecule has 0 saturated heterocycles. The zero-order valence-corrected chi connectivity index (χ0v) is 26.9. The zero-order chi connectivity index (χ0) is 32.0. The van der Waals surface area contributed by atoms with E-state index in [0.29, 0.717) is 57.1 Å². The number of nitrogens with one attached hydrogen (secondary N) is 1. The number of carbonyl (C=O) groups excluding carboxylic acids is 1. The highest BCUT2D eigenvalue weighted by molar-refractivity contribution is 5.74. The van der Waals surface area contributed by atoms with Gasteiger partial charge in [0.25, 0.3) is 0 Å². The van der Waals surface area contributed by atoms with Gasteiger partial charge in [-0.05, 0) is 109 Å². The first-order chi connectivity index (χ1) is 20.5. The minimum absolute atomic E-state index is 0.0110. The summed E-state index contributed by atoms with van der Waals surface area (Å²) in [7, 11) is 1.84. The topological polar surface area (TPSA) is 139 Å². The molecule has 0 aromatic rings. The Kier molecular flexibility index (Phi) is 15.7. The molecule has 0 heterocycles. The highest BCUT2D eigenvalue weighted by Crippen LogP contribution is 2.63. The molecule has 2 rings (SSSR count). The Balaban J connectivity index is 2.53. The van der Waals surface area contributed by atoms with Crippen molar-refractivity contribution in [1.29, 1.82) is 0 Å². The first-order valence-electron chi connectivity index (χ1n) is 15.9. The van der Waals surface area contributed by atoms with Gasteiger partial charge in [0.15, 0.2) is 0 Å². The molecule has 0 aromatic carbocycles. The van der Waals surface area contributed by atoms with E-state index in [4.69, 9.17) is 4.74 Å². The van der Waals surface area contributed by atoms with Gasteiger partial charge in [-0.3, -0.25) is 4.79 Å². The molecule has 43 heavy (non-hydrogen) atoms. The fraction of sp³-hybridized carbons (Fsp3) is 0.686. The first-order valence-corrected chi connectivity index (χ1v) is 15.9. The van der Waals surface area contributed by atoms with E-state index in [1.165, 1.54) is 5.57 Å². The van der Waals surface area contributed by atoms with E-state index in [1.54, 1.807) is 6.92 Å². The Morgan fingerprint density at radius 3 is 2.60 bits per heavy atom. The number of allylic oxidation sites excluding steroid dienone is 8. The predicted molar refractivity (Wildman–Crippen MR) is 171 cm³/mol. The summed E-state index contributed by atoms with van der Waals surface area (Å²) in [5.74, 6) is -0.590. The molecular formula is C35H57NO7. The zero-order valence-electron chi connectivity index (χ0n) is 26.9. The Morgan fingerprint density at radius 1 is 1.23 bits per heavy atom. The number of aliphatic hydroxyl groups excluding tert-OH is 4. The number of aliphatic hydroxyl groups is 5. The number of rotatable bonds is 18. The smallest absolute Gasteiger partial charge is 0.145 e. The van der Waals surface area contributed by atoms with Crippen LogP contribution < -0.4 is 5.32 Å². The van der Waals surface area contributed by atoms with Crippen LogP contribution in [0.25, 0.3) is 0 Å². The highest BCUT2D eigenvalue weighted by Gasteiger charge is 2.65. The lowest BCUT2D eigenvalue weighted by Crippen LogP contribution is -2.61. The van der Waals surface area contributed by atoms with Crippen LogP contribution >= 0.6 is 0 Å². The van der Waals surface area contributed by atoms with Gasteiger partial charge in [0.05, 0.1) is 31.5 Å². The summed E-state index contributed by atoms with van der Waals surface area (Å²) in [6.45, 7) is 10.4. The molecule has 2 aliphatic rings. The fourth-order valence-electron chi connectivity index (χ4n) is 7.27. The van der Waals surface area contributed by atoms with Crippen molar-refractivity contribution in [3.8, 4) is 0 Å². The first kappa shape index (κ1) is 37.3. The number of carbonyl (C=O) groups is 1. The van der Waals surface area contributed by atoms with Crippen LogP contribution in [0.5, 0.6) is 0 Å². The van der Waals surface area contributed by atoms with Gasteiger partial charge < -0.3 is 35.6 Å². The largest absolute Gasteiger partial charge is 0.396 e. The van der Waals surface area contributed by atoms with E-state index in [-0.39, 0.29) is 31.7 Å². The van der Waals surface area contributed by atoms with E-state index in [9.17, 15) is 30.3 Å². The normalized spacial score (nSPS) is 29.7. The van der Waals surface area contributed by atoms with Gasteiger partial charge >= 0.3 is 0 Å². The number of hydrogen-bond acceptors (Lipinski definition) is 8. The van der Waals surface area contributed by atoms with Gasteiger partial charge in [-0.25, -0.2) is 0 Å². The molecule has 6 N–H and O–H groups in total. The van der Waals surface area contributed by atoms with Crippen molar-refractivity contribution < 1.29 is 35.1 Å². The van der Waals surface area contributed by atoms with E-state index in [0.717, 1.165) is 35.8 Å². The van der Waals surface area contributed by atoms with Crippen LogP contribution in [0.4, 0.5) is 0 Å². The van der Waals surface area contributed by atoms with Crippen LogP contribution in [0.15, 0.2) is 58.7 Å². The Hall–Kier alpha value is -1.91. The summed E-state index contributed by atoms with van der Waals surface area (Å²) >= 11 is 0. The van der Waals surface area contributed by atoms with Crippen molar-refractivity contribution in [2.24, 2.45) is 17.3 Å². The maximum atomic E-state index is 12.4. The van der Waals surface area contributed by atoms with Crippen molar-refractivity contribution in [3.05, 3.63) is 58.7 Å². The maximum Gasteiger partial charge on any atom is 0.145 e. The second-order valence-corrected chi connectivity index (χ2v) is 12.7. The summed E-state index contributed by atoms with van der Waals surface area (Å²) in [6, 6.07) is 0. The average Bonchev–Trinajstić information content (AvgIpc) is 3.32. The van der Waals surface area contributed by atoms with Gasteiger partial charge in [0.2, 0.25) is 0 Å². The molecule has 0 aliphatic heterocycles. The molecule has 0 amide bonds. The van der Waals surface area contributed by atoms with Gasteiger partial charge in [-0.15, -0.1) is 0 Å². The van der Waals surface area contributed by atoms with Crippen LogP contribution in [0, 0.1) is 17.3 Å². The minimum Gasteiger partial charge on any atom is -0.396 e. The van der Waals surface area contributed by atoms with E-state index in [1.807, 2.05) is 25.3 Å². The van der Waals surface area contributed by atoms with Gasteiger partial charge in [-0.2, -0.15) is 0 Å². The molecule has 0 bridgehead atoms. The lowest BCUT2D eigenvalue weighted by molar-refractivity contribution is -0.180. The minimum atomic E-state index is -1.18. The summed E-state index contributed by atoms with van der Waals surface area (Å²) < 4.78 is 5.80. The van der Waals surface area contributed by atoms with E-state index >= 15 is 0 Å². The van der Waals surface area contributed by atoms with Crippen LogP contribution in [-0.4, -0.2) is 89.6 Å². The molecule has 1 spiro atoms. The molecule has 6 atom stereocenters. The molecular weight excluding hydrogens is 546 g/mol. The molecule has 2 saturated carbocycles. The molecule has 0 aromatic heterocycles. The maximum absolute atomic E-state index is 12.4. The highest BCUT2D eigenvalue weighted by atomic mass is 16.5. The number of ether oxygens (including phenoxy) is 1. The summed E-state index contributed by atoms with van der Waals surface area (Å²) in [5, 5.41) is 56.8. The van der Waals surface area contributed by atoms with Gasteiger partial charge in [0, 0.05) is 17.9 Å². The second kappa shape index (κ2) is 18.2. The van der Waals surface area contributed by atoms with Crippen LogP contribution in [-0.2, 0) is 9.53 Å². The summed E-state index contributed by atoms with van der Waals surface area (Å²) in [6.07, 6.45) is 12.4. The molecule has 2 aliphatic carbocycles. The Labute approximate surface area is 258 Å². The second-order valence-electron chi connectivity index (χ2n) is 12.7. The van der Waals surface area contributed by atoms with Crippen LogP contribution in [0.2, 0.25) is 0 Å². The van der Waals surface area contributed by atoms with Crippen molar-refractivity contribution in [3.63, 3.8) is 0 Å². The molecule has 2 fully saturated rings. The average molecular weight is 604 g/mol. The molecule has 6 unspecified atom stereocenters. The third-order valence-corrected chi connectivity index (χ3v) is 9.54. The van der Waals surface area contributed by atoms with Crippen molar-refractivity contribution in [2.75, 3.05) is 40.0 Å². The number of aldehydes is 1. The third kappa shape index (κ3) is 9.54. The Bertz CT molecular complexity index is 1030. The predicted octanol–water partition coefficient (Wildman–Crippen LogP) is 3.94. The molecule has 8 nitrogen and oxygen atoms in total.